The van der Waals surface area contributed by atoms with E-state index in [0.717, 1.165) is 0 Å². The van der Waals surface area contributed by atoms with Crippen molar-refractivity contribution < 1.29 is 28.2 Å². The van der Waals surface area contributed by atoms with Gasteiger partial charge in [0.1, 0.15) is 11.3 Å². The minimum atomic E-state index is -0.778. The first kappa shape index (κ1) is 19.3. The number of hydrogen-bond donors (Lipinski definition) is 0. The topological polar surface area (TPSA) is 84.2 Å². The molecule has 1 aromatic heterocycles. The Morgan fingerprint density at radius 2 is 1.71 bits per heavy atom. The molecule has 0 radical (unpaired) electrons. The van der Waals surface area contributed by atoms with Gasteiger partial charge in [-0.25, -0.2) is 9.59 Å². The van der Waals surface area contributed by atoms with Crippen LogP contribution in [-0.4, -0.2) is 33.4 Å². The van der Waals surface area contributed by atoms with Crippen molar-refractivity contribution in [3.63, 3.8) is 0 Å². The van der Waals surface area contributed by atoms with E-state index in [9.17, 15) is 9.59 Å². The number of carbonyl (C=O) groups is 1. The van der Waals surface area contributed by atoms with Gasteiger partial charge in [-0.2, -0.15) is 0 Å². The van der Waals surface area contributed by atoms with Crippen LogP contribution in [0.5, 0.6) is 17.2 Å². The first-order valence-electron chi connectivity index (χ1n) is 8.51. The molecule has 1 atom stereocenters. The largest absolute Gasteiger partial charge is 0.493 e. The highest BCUT2D eigenvalue weighted by atomic mass is 16.6. The molecule has 0 aliphatic carbocycles. The number of methoxy groups -OCH3 is 3. The van der Waals surface area contributed by atoms with E-state index in [1.54, 1.807) is 56.5 Å². The molecule has 7 nitrogen and oxygen atoms in total. The van der Waals surface area contributed by atoms with Crippen LogP contribution < -0.4 is 19.8 Å². The Morgan fingerprint density at radius 1 is 0.964 bits per heavy atom. The summed E-state index contributed by atoms with van der Waals surface area (Å²) in [4.78, 5) is 24.0. The second-order valence-corrected chi connectivity index (χ2v) is 6.00. The summed E-state index contributed by atoms with van der Waals surface area (Å²) in [5.41, 5.74) is 0.889. The number of esters is 1. The van der Waals surface area contributed by atoms with Gasteiger partial charge in [0.2, 0.25) is 0 Å². The first-order chi connectivity index (χ1) is 13.5. The second kappa shape index (κ2) is 8.04. The van der Waals surface area contributed by atoms with Gasteiger partial charge in [-0.15, -0.1) is 0 Å². The summed E-state index contributed by atoms with van der Waals surface area (Å²) in [5, 5.41) is 0.711. The highest BCUT2D eigenvalue weighted by Crippen LogP contribution is 2.32. The average Bonchev–Trinajstić information content (AvgIpc) is 2.71. The Labute approximate surface area is 161 Å². The van der Waals surface area contributed by atoms with Gasteiger partial charge in [0.05, 0.1) is 26.9 Å². The Kier molecular flexibility index (Phi) is 5.54. The number of benzene rings is 2. The predicted octanol–water partition coefficient (Wildman–Crippen LogP) is 3.42. The molecule has 3 aromatic rings. The molecule has 0 saturated heterocycles. The zero-order valence-corrected chi connectivity index (χ0v) is 16.0. The van der Waals surface area contributed by atoms with Crippen LogP contribution in [0.4, 0.5) is 0 Å². The fraction of sp³-hybridized carbons (Fsp3) is 0.238. The Balaban J connectivity index is 1.99. The van der Waals surface area contributed by atoms with Gasteiger partial charge < -0.3 is 23.4 Å². The number of rotatable bonds is 6. The molecule has 0 saturated carbocycles. The lowest BCUT2D eigenvalue weighted by Gasteiger charge is -2.13. The molecule has 0 spiro atoms. The van der Waals surface area contributed by atoms with Crippen molar-refractivity contribution in [1.82, 2.24) is 0 Å². The van der Waals surface area contributed by atoms with Crippen molar-refractivity contribution in [2.45, 2.75) is 13.0 Å². The van der Waals surface area contributed by atoms with Gasteiger partial charge in [0.25, 0.3) is 0 Å². The van der Waals surface area contributed by atoms with E-state index in [1.165, 1.54) is 14.2 Å². The number of carbonyl (C=O) groups excluding carboxylic acids is 1. The van der Waals surface area contributed by atoms with Crippen LogP contribution in [-0.2, 0) is 9.53 Å². The summed E-state index contributed by atoms with van der Waals surface area (Å²) in [6.07, 6.45) is -0.778. The van der Waals surface area contributed by atoms with E-state index in [4.69, 9.17) is 18.6 Å². The van der Waals surface area contributed by atoms with Crippen LogP contribution in [0, 0.1) is 0 Å². The molecule has 0 aliphatic heterocycles. The van der Waals surface area contributed by atoms with Gasteiger partial charge >= 0.3 is 11.6 Å². The molecule has 0 bridgehead atoms. The minimum Gasteiger partial charge on any atom is -0.493 e. The number of fused-ring (bicyclic) bond motifs is 1. The lowest BCUT2D eigenvalue weighted by atomic mass is 10.1. The highest BCUT2D eigenvalue weighted by molar-refractivity contribution is 5.83. The fourth-order valence-corrected chi connectivity index (χ4v) is 2.79. The molecular formula is C21H20O7. The molecule has 0 unspecified atom stereocenters. The van der Waals surface area contributed by atoms with Crippen molar-refractivity contribution in [3.05, 3.63) is 52.9 Å². The quantitative estimate of drug-likeness (QED) is 0.476. The van der Waals surface area contributed by atoms with Crippen molar-refractivity contribution in [1.29, 1.82) is 0 Å². The van der Waals surface area contributed by atoms with E-state index in [0.29, 0.717) is 39.3 Å². The maximum Gasteiger partial charge on any atom is 0.346 e. The molecule has 0 N–H and O–H groups in total. The molecule has 7 heteroatoms. The standard InChI is InChI=1S/C21H20O7/c1-12(20(22)26-4)27-15-7-5-14-9-16(21(23)28-18(14)11-15)13-6-8-17(24-2)19(10-13)25-3/h5-12H,1-4H3/t12-/m0/s1. The van der Waals surface area contributed by atoms with Gasteiger partial charge in [-0.05, 0) is 42.8 Å². The monoisotopic (exact) mass is 384 g/mol. The predicted molar refractivity (Wildman–Crippen MR) is 103 cm³/mol. The molecule has 1 heterocycles. The smallest absolute Gasteiger partial charge is 0.346 e. The Hall–Kier alpha value is -3.48. The van der Waals surface area contributed by atoms with E-state index in [-0.39, 0.29) is 0 Å². The highest BCUT2D eigenvalue weighted by Gasteiger charge is 2.16. The van der Waals surface area contributed by atoms with Crippen LogP contribution in [0.1, 0.15) is 6.92 Å². The van der Waals surface area contributed by atoms with Gasteiger partial charge in [-0.3, -0.25) is 0 Å². The summed E-state index contributed by atoms with van der Waals surface area (Å²) < 4.78 is 26.1. The van der Waals surface area contributed by atoms with Crippen LogP contribution in [0.15, 0.2) is 51.7 Å². The maximum atomic E-state index is 12.5. The van der Waals surface area contributed by atoms with Gasteiger partial charge in [0, 0.05) is 11.5 Å². The van der Waals surface area contributed by atoms with Gasteiger partial charge in [-0.1, -0.05) is 6.07 Å². The third-order valence-corrected chi connectivity index (χ3v) is 4.25. The molecule has 28 heavy (non-hydrogen) atoms. The maximum absolute atomic E-state index is 12.5. The lowest BCUT2D eigenvalue weighted by Crippen LogP contribution is -2.24. The van der Waals surface area contributed by atoms with Crippen LogP contribution >= 0.6 is 0 Å². The zero-order chi connectivity index (χ0) is 20.3. The molecule has 0 fully saturated rings. The summed E-state index contributed by atoms with van der Waals surface area (Å²) >= 11 is 0. The molecule has 3 rings (SSSR count). The average molecular weight is 384 g/mol. The third kappa shape index (κ3) is 3.78. The molecule has 2 aromatic carbocycles. The summed E-state index contributed by atoms with van der Waals surface area (Å²) in [5.74, 6) is 0.982. The normalized spacial score (nSPS) is 11.7. The van der Waals surface area contributed by atoms with Gasteiger partial charge in [0.15, 0.2) is 17.6 Å². The van der Waals surface area contributed by atoms with E-state index in [2.05, 4.69) is 4.74 Å². The van der Waals surface area contributed by atoms with Crippen molar-refractivity contribution in [2.75, 3.05) is 21.3 Å². The van der Waals surface area contributed by atoms with Crippen molar-refractivity contribution >= 4 is 16.9 Å². The summed E-state index contributed by atoms with van der Waals surface area (Å²) in [6.45, 7) is 1.58. The lowest BCUT2D eigenvalue weighted by molar-refractivity contribution is -0.147. The van der Waals surface area contributed by atoms with Crippen molar-refractivity contribution in [2.24, 2.45) is 0 Å². The Morgan fingerprint density at radius 3 is 2.39 bits per heavy atom. The third-order valence-electron chi connectivity index (χ3n) is 4.25. The van der Waals surface area contributed by atoms with E-state index in [1.807, 2.05) is 0 Å². The number of hydrogen-bond acceptors (Lipinski definition) is 7. The molecule has 146 valence electrons. The van der Waals surface area contributed by atoms with Crippen LogP contribution in [0.25, 0.3) is 22.1 Å². The Bertz CT molecular complexity index is 1070. The SMILES string of the molecule is COC(=O)[C@H](C)Oc1ccc2cc(-c3ccc(OC)c(OC)c3)c(=O)oc2c1. The van der Waals surface area contributed by atoms with Crippen molar-refractivity contribution in [3.8, 4) is 28.4 Å². The summed E-state index contributed by atoms with van der Waals surface area (Å²) in [6, 6.07) is 11.9. The molecule has 0 amide bonds. The second-order valence-electron chi connectivity index (χ2n) is 6.00. The fourth-order valence-electron chi connectivity index (χ4n) is 2.79. The molecular weight excluding hydrogens is 364 g/mol. The zero-order valence-electron chi connectivity index (χ0n) is 16.0. The first-order valence-corrected chi connectivity index (χ1v) is 8.51. The summed E-state index contributed by atoms with van der Waals surface area (Å²) in [7, 11) is 4.36. The number of ether oxygens (including phenoxy) is 4. The molecule has 0 aliphatic rings. The van der Waals surface area contributed by atoms with E-state index < -0.39 is 17.7 Å². The van der Waals surface area contributed by atoms with E-state index >= 15 is 0 Å². The van der Waals surface area contributed by atoms with Crippen LogP contribution in [0.3, 0.4) is 0 Å². The van der Waals surface area contributed by atoms with Crippen LogP contribution in [0.2, 0.25) is 0 Å². The minimum absolute atomic E-state index is 0.351.